The fraction of sp³-hybridized carbons (Fsp3) is 0.625. The Labute approximate surface area is 118 Å². The number of halogens is 3. The van der Waals surface area contributed by atoms with Crippen molar-refractivity contribution in [1.82, 2.24) is 0 Å². The lowest BCUT2D eigenvalue weighted by atomic mass is 9.97. The lowest BCUT2D eigenvalue weighted by molar-refractivity contribution is -0.139. The van der Waals surface area contributed by atoms with Crippen molar-refractivity contribution in [2.24, 2.45) is 0 Å². The largest absolute Gasteiger partial charge is 0.416 e. The number of benzene rings is 1. The molecule has 1 aromatic carbocycles. The van der Waals surface area contributed by atoms with Gasteiger partial charge in [-0.2, -0.15) is 13.2 Å². The van der Waals surface area contributed by atoms with E-state index in [1.807, 2.05) is 0 Å². The molecule has 0 bridgehead atoms. The van der Waals surface area contributed by atoms with Gasteiger partial charge in [-0.3, -0.25) is 0 Å². The molecule has 0 aliphatic carbocycles. The molecule has 0 aliphatic rings. The molecule has 1 N–H and O–H groups in total. The molecule has 1 unspecified atom stereocenters. The van der Waals surface area contributed by atoms with Gasteiger partial charge in [0.15, 0.2) is 0 Å². The summed E-state index contributed by atoms with van der Waals surface area (Å²) in [6.45, 7) is 2.14. The highest BCUT2D eigenvalue weighted by Crippen LogP contribution is 2.35. The monoisotopic (exact) mass is 288 g/mol. The van der Waals surface area contributed by atoms with E-state index in [0.29, 0.717) is 6.42 Å². The van der Waals surface area contributed by atoms with Gasteiger partial charge in [-0.1, -0.05) is 63.6 Å². The number of aliphatic hydroxyl groups excluding tert-OH is 1. The normalized spacial score (nSPS) is 13.4. The fourth-order valence-corrected chi connectivity index (χ4v) is 2.32. The van der Waals surface area contributed by atoms with Crippen LogP contribution in [-0.4, -0.2) is 5.11 Å². The molecule has 0 spiro atoms. The van der Waals surface area contributed by atoms with E-state index in [-0.39, 0.29) is 5.56 Å². The highest BCUT2D eigenvalue weighted by Gasteiger charge is 2.34. The zero-order valence-electron chi connectivity index (χ0n) is 11.9. The molecule has 114 valence electrons. The summed E-state index contributed by atoms with van der Waals surface area (Å²) < 4.78 is 38.5. The smallest absolute Gasteiger partial charge is 0.388 e. The van der Waals surface area contributed by atoms with E-state index in [1.54, 1.807) is 0 Å². The Morgan fingerprint density at radius 3 is 2.25 bits per heavy atom. The van der Waals surface area contributed by atoms with Crippen LogP contribution in [0.25, 0.3) is 0 Å². The summed E-state index contributed by atoms with van der Waals surface area (Å²) >= 11 is 0. The summed E-state index contributed by atoms with van der Waals surface area (Å²) in [5, 5.41) is 9.97. The molecule has 20 heavy (non-hydrogen) atoms. The van der Waals surface area contributed by atoms with Crippen LogP contribution in [0.5, 0.6) is 0 Å². The van der Waals surface area contributed by atoms with Crippen LogP contribution in [0.3, 0.4) is 0 Å². The van der Waals surface area contributed by atoms with Crippen molar-refractivity contribution in [1.29, 1.82) is 0 Å². The number of hydrogen-bond acceptors (Lipinski definition) is 1. The molecule has 0 aromatic heterocycles. The molecule has 0 radical (unpaired) electrons. The molecule has 1 nitrogen and oxygen atoms in total. The van der Waals surface area contributed by atoms with Crippen LogP contribution in [0.1, 0.15) is 69.1 Å². The molecular weight excluding hydrogens is 265 g/mol. The van der Waals surface area contributed by atoms with Crippen molar-refractivity contribution in [3.63, 3.8) is 0 Å². The third kappa shape index (κ3) is 5.53. The van der Waals surface area contributed by atoms with E-state index >= 15 is 0 Å². The van der Waals surface area contributed by atoms with Crippen molar-refractivity contribution >= 4 is 0 Å². The molecular formula is C16H23F3O. The molecule has 0 saturated heterocycles. The maximum Gasteiger partial charge on any atom is 0.416 e. The van der Waals surface area contributed by atoms with Gasteiger partial charge in [0.25, 0.3) is 0 Å². The summed E-state index contributed by atoms with van der Waals surface area (Å²) in [5.74, 6) is 0. The lowest BCUT2D eigenvalue weighted by Gasteiger charge is -2.17. The molecule has 1 aromatic rings. The van der Waals surface area contributed by atoms with Crippen molar-refractivity contribution in [2.75, 3.05) is 0 Å². The van der Waals surface area contributed by atoms with Crippen LogP contribution in [0, 0.1) is 0 Å². The van der Waals surface area contributed by atoms with Gasteiger partial charge in [0.1, 0.15) is 0 Å². The van der Waals surface area contributed by atoms with Gasteiger partial charge in [-0.25, -0.2) is 0 Å². The third-order valence-corrected chi connectivity index (χ3v) is 3.46. The molecule has 0 aliphatic heterocycles. The Hall–Kier alpha value is -1.03. The van der Waals surface area contributed by atoms with Crippen molar-refractivity contribution in [2.45, 2.75) is 64.1 Å². The van der Waals surface area contributed by atoms with Gasteiger partial charge < -0.3 is 5.11 Å². The van der Waals surface area contributed by atoms with E-state index in [9.17, 15) is 18.3 Å². The van der Waals surface area contributed by atoms with Crippen molar-refractivity contribution in [3.05, 3.63) is 35.4 Å². The average molecular weight is 288 g/mol. The van der Waals surface area contributed by atoms with Crippen molar-refractivity contribution < 1.29 is 18.3 Å². The van der Waals surface area contributed by atoms with Gasteiger partial charge >= 0.3 is 6.18 Å². The quantitative estimate of drug-likeness (QED) is 0.627. The number of hydrogen-bond donors (Lipinski definition) is 1. The van der Waals surface area contributed by atoms with Gasteiger partial charge in [-0.05, 0) is 18.1 Å². The van der Waals surface area contributed by atoms with Crippen LogP contribution in [0.2, 0.25) is 0 Å². The molecule has 0 fully saturated rings. The average Bonchev–Trinajstić information content (AvgIpc) is 2.41. The number of aliphatic hydroxyl groups is 1. The number of rotatable bonds is 8. The number of alkyl halides is 3. The Morgan fingerprint density at radius 2 is 1.60 bits per heavy atom. The first-order valence-corrected chi connectivity index (χ1v) is 7.31. The summed E-state index contributed by atoms with van der Waals surface area (Å²) in [6.07, 6.45) is 1.29. The summed E-state index contributed by atoms with van der Waals surface area (Å²) in [4.78, 5) is 0. The van der Waals surface area contributed by atoms with Crippen LogP contribution in [0.15, 0.2) is 24.3 Å². The van der Waals surface area contributed by atoms with Crippen LogP contribution in [-0.2, 0) is 6.18 Å². The minimum absolute atomic E-state index is 0.00596. The third-order valence-electron chi connectivity index (χ3n) is 3.46. The maximum absolute atomic E-state index is 12.8. The Balaban J connectivity index is 2.49. The first kappa shape index (κ1) is 17.0. The Kier molecular flexibility index (Phi) is 7.06. The molecule has 0 saturated carbocycles. The van der Waals surface area contributed by atoms with E-state index in [0.717, 1.165) is 31.7 Å². The minimum atomic E-state index is -4.40. The topological polar surface area (TPSA) is 20.2 Å². The second kappa shape index (κ2) is 8.30. The van der Waals surface area contributed by atoms with Crippen LogP contribution >= 0.6 is 0 Å². The van der Waals surface area contributed by atoms with Gasteiger partial charge in [-0.15, -0.1) is 0 Å². The number of unbranched alkanes of at least 4 members (excludes halogenated alkanes) is 5. The highest BCUT2D eigenvalue weighted by molar-refractivity contribution is 5.31. The lowest BCUT2D eigenvalue weighted by Crippen LogP contribution is -2.12. The van der Waals surface area contributed by atoms with Crippen molar-refractivity contribution in [3.8, 4) is 0 Å². The standard InChI is InChI=1S/C16H23F3O/c1-2-3-4-5-6-7-12-15(20)13-10-8-9-11-14(13)16(17,18)19/h8-11,15,20H,2-7,12H2,1H3. The summed E-state index contributed by atoms with van der Waals surface area (Å²) in [6, 6.07) is 5.28. The first-order chi connectivity index (χ1) is 9.46. The Bertz CT molecular complexity index is 388. The molecule has 4 heteroatoms. The Morgan fingerprint density at radius 1 is 1.00 bits per heavy atom. The van der Waals surface area contributed by atoms with E-state index in [2.05, 4.69) is 6.92 Å². The molecule has 0 heterocycles. The van der Waals surface area contributed by atoms with E-state index in [1.165, 1.54) is 31.0 Å². The van der Waals surface area contributed by atoms with E-state index < -0.39 is 17.8 Å². The predicted octanol–water partition coefficient (Wildman–Crippen LogP) is 5.49. The molecule has 0 amide bonds. The summed E-state index contributed by atoms with van der Waals surface area (Å²) in [7, 11) is 0. The first-order valence-electron chi connectivity index (χ1n) is 7.31. The second-order valence-corrected chi connectivity index (χ2v) is 5.16. The SMILES string of the molecule is CCCCCCCCC(O)c1ccccc1C(F)(F)F. The maximum atomic E-state index is 12.8. The summed E-state index contributed by atoms with van der Waals surface area (Å²) in [5.41, 5.74) is -0.730. The second-order valence-electron chi connectivity index (χ2n) is 5.16. The fourth-order valence-electron chi connectivity index (χ4n) is 2.32. The minimum Gasteiger partial charge on any atom is -0.388 e. The van der Waals surface area contributed by atoms with E-state index in [4.69, 9.17) is 0 Å². The predicted molar refractivity (Wildman–Crippen MR) is 74.4 cm³/mol. The van der Waals surface area contributed by atoms with Gasteiger partial charge in [0.2, 0.25) is 0 Å². The van der Waals surface area contributed by atoms with Crippen LogP contribution in [0.4, 0.5) is 13.2 Å². The highest BCUT2D eigenvalue weighted by atomic mass is 19.4. The zero-order valence-corrected chi connectivity index (χ0v) is 11.9. The van der Waals surface area contributed by atoms with Gasteiger partial charge in [0, 0.05) is 0 Å². The molecule has 1 rings (SSSR count). The van der Waals surface area contributed by atoms with Crippen LogP contribution < -0.4 is 0 Å². The zero-order chi connectivity index (χ0) is 15.0. The van der Waals surface area contributed by atoms with Gasteiger partial charge in [0.05, 0.1) is 11.7 Å². The molecule has 1 atom stereocenters.